The molecular formula is C19H19ClN2OS. The van der Waals surface area contributed by atoms with Crippen LogP contribution in [0.5, 0.6) is 0 Å². The average Bonchev–Trinajstić information content (AvgIpc) is 2.84. The smallest absolute Gasteiger partial charge is 0.264 e. The fraction of sp³-hybridized carbons (Fsp3) is 0.158. The Morgan fingerprint density at radius 2 is 1.88 bits per heavy atom. The van der Waals surface area contributed by atoms with Crippen molar-refractivity contribution in [2.24, 2.45) is 7.05 Å². The molecule has 0 saturated carbocycles. The minimum Gasteiger partial charge on any atom is -1.00 e. The molecule has 0 atom stereocenters. The number of Topliss-reactive ketones (excluding diaryl/α,β-unsaturated/α-hetero) is 1. The normalized spacial score (nSPS) is 11.2. The molecule has 3 nitrogen and oxygen atoms in total. The van der Waals surface area contributed by atoms with Gasteiger partial charge in [0.25, 0.3) is 5.01 Å². The van der Waals surface area contributed by atoms with E-state index >= 15 is 0 Å². The van der Waals surface area contributed by atoms with E-state index in [0.717, 1.165) is 16.9 Å². The van der Waals surface area contributed by atoms with Crippen molar-refractivity contribution in [3.8, 4) is 0 Å². The Morgan fingerprint density at radius 1 is 1.12 bits per heavy atom. The number of aromatic nitrogens is 1. The van der Waals surface area contributed by atoms with E-state index < -0.39 is 0 Å². The van der Waals surface area contributed by atoms with Crippen LogP contribution in [0.15, 0.2) is 54.2 Å². The number of hydrogen-bond donors (Lipinski definition) is 1. The number of thiazole rings is 1. The maximum Gasteiger partial charge on any atom is 0.264 e. The predicted octanol–water partition coefficient (Wildman–Crippen LogP) is 1.41. The summed E-state index contributed by atoms with van der Waals surface area (Å²) in [6.45, 7) is 3.61. The summed E-state index contributed by atoms with van der Waals surface area (Å²) in [5.74, 6) is 0.0752. The second-order valence-electron chi connectivity index (χ2n) is 5.56. The van der Waals surface area contributed by atoms with Crippen LogP contribution >= 0.6 is 11.3 Å². The first-order chi connectivity index (χ1) is 11.0. The molecular weight excluding hydrogens is 340 g/mol. The number of carbonyl (C=O) groups excluding carboxylic acids is 1. The summed E-state index contributed by atoms with van der Waals surface area (Å²) in [7, 11) is 2.08. The van der Waals surface area contributed by atoms with E-state index in [9.17, 15) is 4.79 Å². The van der Waals surface area contributed by atoms with E-state index in [4.69, 9.17) is 0 Å². The molecule has 124 valence electrons. The largest absolute Gasteiger partial charge is 1.00 e. The van der Waals surface area contributed by atoms with Gasteiger partial charge in [-0.05, 0) is 32.0 Å². The Bertz CT molecular complexity index is 915. The highest BCUT2D eigenvalue weighted by Gasteiger charge is 2.14. The monoisotopic (exact) mass is 358 g/mol. The van der Waals surface area contributed by atoms with E-state index in [-0.39, 0.29) is 18.2 Å². The summed E-state index contributed by atoms with van der Waals surface area (Å²) >= 11 is 1.76. The molecule has 1 N–H and O–H groups in total. The standard InChI is InChI=1S/C19H18N2OS.ClH/c1-13(20-16-8-6-7-15(12-16)14(2)22)11-19-21(3)17-9-4-5-10-18(17)23-19;/h4-12H,1-3H3;1H. The van der Waals surface area contributed by atoms with Crippen LogP contribution in [-0.2, 0) is 7.05 Å². The van der Waals surface area contributed by atoms with Crippen LogP contribution in [0.2, 0.25) is 0 Å². The highest BCUT2D eigenvalue weighted by atomic mass is 35.5. The molecule has 1 aromatic heterocycles. The number of aryl methyl sites for hydroxylation is 1. The minimum atomic E-state index is 0. The molecule has 3 aromatic rings. The first-order valence-corrected chi connectivity index (χ1v) is 8.30. The third kappa shape index (κ3) is 3.83. The maximum absolute atomic E-state index is 11.5. The summed E-state index contributed by atoms with van der Waals surface area (Å²) in [5.41, 5.74) is 3.91. The van der Waals surface area contributed by atoms with Gasteiger partial charge >= 0.3 is 0 Å². The van der Waals surface area contributed by atoms with Gasteiger partial charge in [-0.3, -0.25) is 4.79 Å². The van der Waals surface area contributed by atoms with Crippen LogP contribution in [-0.4, -0.2) is 5.78 Å². The molecule has 1 heterocycles. The van der Waals surface area contributed by atoms with Gasteiger partial charge in [0.15, 0.2) is 5.78 Å². The van der Waals surface area contributed by atoms with Gasteiger partial charge in [0.2, 0.25) is 5.52 Å². The van der Waals surface area contributed by atoms with Crippen molar-refractivity contribution in [1.29, 1.82) is 0 Å². The fourth-order valence-corrected chi connectivity index (χ4v) is 3.66. The van der Waals surface area contributed by atoms with Crippen LogP contribution in [0.25, 0.3) is 16.3 Å². The topological polar surface area (TPSA) is 33.0 Å². The SMILES string of the molecule is CC(=O)c1cccc(N/C(C)=C/c2sc3ccccc3[n+]2C)c1.[Cl-]. The number of rotatable bonds is 4. The van der Waals surface area contributed by atoms with Crippen molar-refractivity contribution in [2.45, 2.75) is 13.8 Å². The quantitative estimate of drug-likeness (QED) is 0.565. The molecule has 0 saturated heterocycles. The minimum absolute atomic E-state index is 0. The first-order valence-electron chi connectivity index (χ1n) is 7.48. The average molecular weight is 359 g/mol. The Morgan fingerprint density at radius 3 is 2.58 bits per heavy atom. The molecule has 0 aliphatic rings. The molecule has 3 rings (SSSR count). The highest BCUT2D eigenvalue weighted by molar-refractivity contribution is 7.18. The third-order valence-corrected chi connectivity index (χ3v) is 4.89. The Kier molecular flexibility index (Phi) is 5.75. The number of nitrogens with zero attached hydrogens (tertiary/aromatic N) is 1. The summed E-state index contributed by atoms with van der Waals surface area (Å²) in [4.78, 5) is 11.5. The number of fused-ring (bicyclic) bond motifs is 1. The number of para-hydroxylation sites is 1. The third-order valence-electron chi connectivity index (χ3n) is 3.72. The van der Waals surface area contributed by atoms with Gasteiger partial charge in [0.05, 0.1) is 0 Å². The summed E-state index contributed by atoms with van der Waals surface area (Å²) in [6.07, 6.45) is 2.13. The zero-order valence-corrected chi connectivity index (χ0v) is 15.4. The number of ketones is 1. The molecule has 0 radical (unpaired) electrons. The highest BCUT2D eigenvalue weighted by Crippen LogP contribution is 2.22. The number of allylic oxidation sites excluding steroid dienone is 1. The van der Waals surface area contributed by atoms with Crippen LogP contribution in [0.4, 0.5) is 5.69 Å². The van der Waals surface area contributed by atoms with E-state index in [1.165, 1.54) is 15.2 Å². The lowest BCUT2D eigenvalue weighted by atomic mass is 10.1. The van der Waals surface area contributed by atoms with Crippen molar-refractivity contribution in [1.82, 2.24) is 0 Å². The van der Waals surface area contributed by atoms with Gasteiger partial charge < -0.3 is 17.7 Å². The molecule has 24 heavy (non-hydrogen) atoms. The van der Waals surface area contributed by atoms with Crippen LogP contribution in [0.1, 0.15) is 29.2 Å². The molecule has 5 heteroatoms. The second-order valence-corrected chi connectivity index (χ2v) is 6.62. The Hall–Kier alpha value is -2.17. The maximum atomic E-state index is 11.5. The van der Waals surface area contributed by atoms with E-state index in [1.54, 1.807) is 18.3 Å². The zero-order chi connectivity index (χ0) is 16.4. The van der Waals surface area contributed by atoms with E-state index in [2.05, 4.69) is 47.3 Å². The van der Waals surface area contributed by atoms with Gasteiger partial charge in [0, 0.05) is 29.1 Å². The van der Waals surface area contributed by atoms with Gasteiger partial charge in [-0.15, -0.1) is 0 Å². The molecule has 0 aliphatic carbocycles. The molecule has 0 aliphatic heterocycles. The lowest BCUT2D eigenvalue weighted by molar-refractivity contribution is -0.642. The van der Waals surface area contributed by atoms with E-state index in [1.807, 2.05) is 31.2 Å². The van der Waals surface area contributed by atoms with Crippen LogP contribution < -0.4 is 22.3 Å². The first kappa shape index (κ1) is 18.2. The molecule has 2 aromatic carbocycles. The van der Waals surface area contributed by atoms with Crippen molar-refractivity contribution >= 4 is 39.1 Å². The molecule has 0 bridgehead atoms. The summed E-state index contributed by atoms with van der Waals surface area (Å²) < 4.78 is 3.46. The number of carbonyl (C=O) groups is 1. The number of hydrogen-bond acceptors (Lipinski definition) is 3. The number of halogens is 1. The van der Waals surface area contributed by atoms with Crippen molar-refractivity contribution < 1.29 is 21.8 Å². The van der Waals surface area contributed by atoms with Gasteiger partial charge in [-0.2, -0.15) is 4.57 Å². The van der Waals surface area contributed by atoms with Crippen molar-refractivity contribution in [3.63, 3.8) is 0 Å². The van der Waals surface area contributed by atoms with E-state index in [0.29, 0.717) is 0 Å². The van der Waals surface area contributed by atoms with Gasteiger partial charge in [0.1, 0.15) is 11.7 Å². The predicted molar refractivity (Wildman–Crippen MR) is 96.7 cm³/mol. The van der Waals surface area contributed by atoms with Crippen molar-refractivity contribution in [2.75, 3.05) is 5.32 Å². The van der Waals surface area contributed by atoms with Gasteiger partial charge in [-0.25, -0.2) is 0 Å². The Labute approximate surface area is 152 Å². The summed E-state index contributed by atoms with van der Waals surface area (Å²) in [6, 6.07) is 16.0. The molecule has 0 amide bonds. The summed E-state index contributed by atoms with van der Waals surface area (Å²) in [5, 5.41) is 4.54. The van der Waals surface area contributed by atoms with Crippen molar-refractivity contribution in [3.05, 3.63) is 64.8 Å². The lowest BCUT2D eigenvalue weighted by Crippen LogP contribution is -3.00. The molecule has 0 unspecified atom stereocenters. The fourth-order valence-electron chi connectivity index (χ4n) is 2.51. The zero-order valence-electron chi connectivity index (χ0n) is 13.8. The second kappa shape index (κ2) is 7.60. The van der Waals surface area contributed by atoms with Crippen LogP contribution in [0.3, 0.4) is 0 Å². The van der Waals surface area contributed by atoms with Gasteiger partial charge in [-0.1, -0.05) is 35.6 Å². The number of benzene rings is 2. The van der Waals surface area contributed by atoms with Crippen LogP contribution in [0, 0.1) is 0 Å². The lowest BCUT2D eigenvalue weighted by Gasteiger charge is -2.06. The number of anilines is 1. The number of nitrogens with one attached hydrogen (secondary N) is 1. The molecule has 0 fully saturated rings. The molecule has 0 spiro atoms. The Balaban J connectivity index is 0.00000208.